The van der Waals surface area contributed by atoms with Gasteiger partial charge in [-0.05, 0) is 37.7 Å². The summed E-state index contributed by atoms with van der Waals surface area (Å²) in [7, 11) is 0. The molecule has 2 amide bonds. The fraction of sp³-hybridized carbons (Fsp3) is 0.706. The molecule has 0 aromatic carbocycles. The standard InChI is InChI=1S/C17H24N4O2/c22-16-8-14(11-21(16)9-12-3-4-12)17(23)20-7-1-2-13(10-20)15-5-6-18-19-15/h5-6,12-14H,1-4,7-11H2,(H,18,19)/t13-,14+/m0/s1. The third-order valence-electron chi connectivity index (χ3n) is 5.43. The first kappa shape index (κ1) is 14.7. The molecule has 1 N–H and O–H groups in total. The Morgan fingerprint density at radius 1 is 1.30 bits per heavy atom. The second kappa shape index (κ2) is 5.98. The van der Waals surface area contributed by atoms with Crippen LogP contribution < -0.4 is 0 Å². The molecule has 1 aromatic rings. The van der Waals surface area contributed by atoms with Crippen LogP contribution >= 0.6 is 0 Å². The molecule has 6 heteroatoms. The zero-order valence-corrected chi connectivity index (χ0v) is 13.4. The van der Waals surface area contributed by atoms with E-state index in [0.29, 0.717) is 24.8 Å². The van der Waals surface area contributed by atoms with Crippen LogP contribution in [-0.2, 0) is 9.59 Å². The normalized spacial score (nSPS) is 28.4. The summed E-state index contributed by atoms with van der Waals surface area (Å²) in [5, 5.41) is 7.05. The Morgan fingerprint density at radius 3 is 2.91 bits per heavy atom. The Balaban J connectivity index is 1.37. The molecular weight excluding hydrogens is 292 g/mol. The molecule has 2 atom stereocenters. The van der Waals surface area contributed by atoms with Crippen LogP contribution in [0.3, 0.4) is 0 Å². The van der Waals surface area contributed by atoms with E-state index in [4.69, 9.17) is 0 Å². The summed E-state index contributed by atoms with van der Waals surface area (Å²) >= 11 is 0. The lowest BCUT2D eigenvalue weighted by atomic mass is 9.93. The van der Waals surface area contributed by atoms with E-state index < -0.39 is 0 Å². The van der Waals surface area contributed by atoms with Crippen molar-refractivity contribution in [1.29, 1.82) is 0 Å². The molecule has 124 valence electrons. The Kier molecular flexibility index (Phi) is 3.83. The topological polar surface area (TPSA) is 69.3 Å². The van der Waals surface area contributed by atoms with Crippen molar-refractivity contribution in [2.75, 3.05) is 26.2 Å². The first-order valence-corrected chi connectivity index (χ1v) is 8.76. The molecule has 1 aromatic heterocycles. The molecule has 0 bridgehead atoms. The van der Waals surface area contributed by atoms with Gasteiger partial charge in [0, 0.05) is 50.4 Å². The van der Waals surface area contributed by atoms with Crippen molar-refractivity contribution in [2.45, 2.75) is 38.0 Å². The van der Waals surface area contributed by atoms with Crippen molar-refractivity contribution in [3.05, 3.63) is 18.0 Å². The number of hydrogen-bond donors (Lipinski definition) is 1. The molecule has 3 heterocycles. The molecular formula is C17H24N4O2. The van der Waals surface area contributed by atoms with Crippen molar-refractivity contribution in [3.8, 4) is 0 Å². The van der Waals surface area contributed by atoms with Crippen LogP contribution in [0.2, 0.25) is 0 Å². The van der Waals surface area contributed by atoms with Gasteiger partial charge in [0.05, 0.1) is 5.92 Å². The lowest BCUT2D eigenvalue weighted by Crippen LogP contribution is -2.43. The van der Waals surface area contributed by atoms with E-state index in [0.717, 1.165) is 38.2 Å². The highest BCUT2D eigenvalue weighted by Crippen LogP contribution is 2.33. The van der Waals surface area contributed by atoms with Crippen molar-refractivity contribution in [3.63, 3.8) is 0 Å². The van der Waals surface area contributed by atoms with Crippen LogP contribution in [0.15, 0.2) is 12.3 Å². The molecule has 2 saturated heterocycles. The minimum Gasteiger partial charge on any atom is -0.342 e. The van der Waals surface area contributed by atoms with Crippen LogP contribution in [0.4, 0.5) is 0 Å². The number of carbonyl (C=O) groups is 2. The van der Waals surface area contributed by atoms with Gasteiger partial charge in [-0.25, -0.2) is 0 Å². The third kappa shape index (κ3) is 3.12. The number of nitrogens with one attached hydrogen (secondary N) is 1. The van der Waals surface area contributed by atoms with Crippen LogP contribution in [0.1, 0.15) is 43.7 Å². The van der Waals surface area contributed by atoms with Gasteiger partial charge in [0.2, 0.25) is 11.8 Å². The molecule has 0 unspecified atom stereocenters. The Morgan fingerprint density at radius 2 is 2.17 bits per heavy atom. The number of carbonyl (C=O) groups excluding carboxylic acids is 2. The molecule has 3 fully saturated rings. The van der Waals surface area contributed by atoms with Crippen LogP contribution in [-0.4, -0.2) is 58.0 Å². The smallest absolute Gasteiger partial charge is 0.228 e. The van der Waals surface area contributed by atoms with E-state index >= 15 is 0 Å². The Hall–Kier alpha value is -1.85. The highest BCUT2D eigenvalue weighted by atomic mass is 16.2. The number of H-pyrrole nitrogens is 1. The number of piperidine rings is 1. The molecule has 0 radical (unpaired) electrons. The number of aromatic amines is 1. The average molecular weight is 316 g/mol. The maximum absolute atomic E-state index is 12.8. The fourth-order valence-electron chi connectivity index (χ4n) is 3.91. The zero-order valence-electron chi connectivity index (χ0n) is 13.4. The number of nitrogens with zero attached hydrogens (tertiary/aromatic N) is 3. The van der Waals surface area contributed by atoms with Gasteiger partial charge in [-0.2, -0.15) is 5.10 Å². The number of amides is 2. The van der Waals surface area contributed by atoms with Crippen LogP contribution in [0.5, 0.6) is 0 Å². The molecule has 6 nitrogen and oxygen atoms in total. The largest absolute Gasteiger partial charge is 0.342 e. The minimum atomic E-state index is -0.137. The SMILES string of the molecule is O=C1C[C@@H](C(=O)N2CCC[C@H](c3ccn[nH]3)C2)CN1CC1CC1. The first-order chi connectivity index (χ1) is 11.2. The van der Waals surface area contributed by atoms with Crippen molar-refractivity contribution >= 4 is 11.8 Å². The van der Waals surface area contributed by atoms with Gasteiger partial charge < -0.3 is 9.80 Å². The summed E-state index contributed by atoms with van der Waals surface area (Å²) in [5.41, 5.74) is 1.11. The molecule has 0 spiro atoms. The molecule has 3 aliphatic rings. The van der Waals surface area contributed by atoms with E-state index in [1.54, 1.807) is 6.20 Å². The van der Waals surface area contributed by atoms with Gasteiger partial charge >= 0.3 is 0 Å². The van der Waals surface area contributed by atoms with Gasteiger partial charge in [0.1, 0.15) is 0 Å². The second-order valence-electron chi connectivity index (χ2n) is 7.28. The van der Waals surface area contributed by atoms with Gasteiger partial charge in [-0.3, -0.25) is 14.7 Å². The maximum Gasteiger partial charge on any atom is 0.228 e. The summed E-state index contributed by atoms with van der Waals surface area (Å²) in [5.74, 6) is 1.22. The Bertz CT molecular complexity index is 581. The number of likely N-dealkylation sites (tertiary alicyclic amines) is 2. The highest BCUT2D eigenvalue weighted by Gasteiger charge is 2.39. The predicted octanol–water partition coefficient (Wildman–Crippen LogP) is 1.37. The third-order valence-corrected chi connectivity index (χ3v) is 5.43. The number of hydrogen-bond acceptors (Lipinski definition) is 3. The molecule has 2 aliphatic heterocycles. The van der Waals surface area contributed by atoms with E-state index in [9.17, 15) is 9.59 Å². The summed E-state index contributed by atoms with van der Waals surface area (Å²) in [6.45, 7) is 3.05. The number of aromatic nitrogens is 2. The second-order valence-corrected chi connectivity index (χ2v) is 7.28. The summed E-state index contributed by atoms with van der Waals surface area (Å²) < 4.78 is 0. The Labute approximate surface area is 136 Å². The van der Waals surface area contributed by atoms with Crippen molar-refractivity contribution < 1.29 is 9.59 Å². The van der Waals surface area contributed by atoms with E-state index in [1.165, 1.54) is 12.8 Å². The summed E-state index contributed by atoms with van der Waals surface area (Å²) in [4.78, 5) is 28.8. The molecule has 1 aliphatic carbocycles. The molecule has 23 heavy (non-hydrogen) atoms. The van der Waals surface area contributed by atoms with Gasteiger partial charge in [-0.15, -0.1) is 0 Å². The number of rotatable bonds is 4. The van der Waals surface area contributed by atoms with Gasteiger partial charge in [0.15, 0.2) is 0 Å². The quantitative estimate of drug-likeness (QED) is 0.912. The van der Waals surface area contributed by atoms with E-state index in [2.05, 4.69) is 10.2 Å². The van der Waals surface area contributed by atoms with Crippen LogP contribution in [0.25, 0.3) is 0 Å². The monoisotopic (exact) mass is 316 g/mol. The first-order valence-electron chi connectivity index (χ1n) is 8.76. The lowest BCUT2D eigenvalue weighted by Gasteiger charge is -2.33. The van der Waals surface area contributed by atoms with Gasteiger partial charge in [0.25, 0.3) is 0 Å². The summed E-state index contributed by atoms with van der Waals surface area (Å²) in [6, 6.07) is 2.00. The van der Waals surface area contributed by atoms with E-state index in [-0.39, 0.29) is 17.7 Å². The molecule has 1 saturated carbocycles. The van der Waals surface area contributed by atoms with Crippen LogP contribution in [0, 0.1) is 11.8 Å². The zero-order chi connectivity index (χ0) is 15.8. The fourth-order valence-corrected chi connectivity index (χ4v) is 3.91. The summed E-state index contributed by atoms with van der Waals surface area (Å²) in [6.07, 6.45) is 6.74. The minimum absolute atomic E-state index is 0.137. The van der Waals surface area contributed by atoms with Gasteiger partial charge in [-0.1, -0.05) is 0 Å². The predicted molar refractivity (Wildman–Crippen MR) is 84.6 cm³/mol. The van der Waals surface area contributed by atoms with Crippen molar-refractivity contribution in [2.24, 2.45) is 11.8 Å². The molecule has 4 rings (SSSR count). The van der Waals surface area contributed by atoms with E-state index in [1.807, 2.05) is 15.9 Å². The maximum atomic E-state index is 12.8. The lowest BCUT2D eigenvalue weighted by molar-refractivity contribution is -0.137. The average Bonchev–Trinajstić information content (AvgIpc) is 3.08. The highest BCUT2D eigenvalue weighted by molar-refractivity contribution is 5.89. The van der Waals surface area contributed by atoms with Crippen molar-refractivity contribution in [1.82, 2.24) is 20.0 Å².